The number of carbonyl (C=O) groups excluding carboxylic acids is 1. The molecule has 30 heavy (non-hydrogen) atoms. The first-order valence-electron chi connectivity index (χ1n) is 9.77. The molecule has 0 radical (unpaired) electrons. The highest BCUT2D eigenvalue weighted by molar-refractivity contribution is 7.99. The number of nitrogens with one attached hydrogen (secondary N) is 1. The van der Waals surface area contributed by atoms with E-state index in [1.807, 2.05) is 44.2 Å². The molecule has 0 atom stereocenters. The van der Waals surface area contributed by atoms with E-state index in [1.165, 1.54) is 21.8 Å². The second-order valence-electron chi connectivity index (χ2n) is 7.24. The van der Waals surface area contributed by atoms with Crippen molar-refractivity contribution in [3.63, 3.8) is 0 Å². The summed E-state index contributed by atoms with van der Waals surface area (Å²) in [5, 5.41) is 11.7. The number of thioether (sulfide) groups is 1. The van der Waals surface area contributed by atoms with Gasteiger partial charge in [-0.1, -0.05) is 66.7 Å². The number of aromatic amines is 1. The topological polar surface area (TPSA) is 80.1 Å². The van der Waals surface area contributed by atoms with Gasteiger partial charge in [0.05, 0.1) is 11.4 Å². The van der Waals surface area contributed by atoms with E-state index >= 15 is 0 Å². The van der Waals surface area contributed by atoms with Gasteiger partial charge in [0.2, 0.25) is 5.16 Å². The van der Waals surface area contributed by atoms with Gasteiger partial charge >= 0.3 is 0 Å². The molecule has 0 bridgehead atoms. The Balaban J connectivity index is 1.62. The van der Waals surface area contributed by atoms with Crippen LogP contribution < -0.4 is 5.56 Å². The summed E-state index contributed by atoms with van der Waals surface area (Å²) in [6, 6.07) is 15.6. The number of Topliss-reactive ketones (excluding diaryl/α,β-unsaturated/α-hetero) is 1. The SMILES string of the molecule is CCc1ccc(-c2cc3c(=O)[nH]nc(SCC(=O)c4ccc(C)cc4C)n3n2)cc1. The summed E-state index contributed by atoms with van der Waals surface area (Å²) in [4.78, 5) is 24.9. The molecule has 4 aromatic rings. The van der Waals surface area contributed by atoms with Gasteiger partial charge in [0, 0.05) is 11.1 Å². The monoisotopic (exact) mass is 418 g/mol. The summed E-state index contributed by atoms with van der Waals surface area (Å²) in [5.41, 5.74) is 5.73. The predicted octanol–water partition coefficient (Wildman–Crippen LogP) is 4.24. The van der Waals surface area contributed by atoms with Crippen molar-refractivity contribution in [1.82, 2.24) is 19.8 Å². The van der Waals surface area contributed by atoms with Gasteiger partial charge in [-0.15, -0.1) is 5.10 Å². The summed E-state index contributed by atoms with van der Waals surface area (Å²) >= 11 is 1.26. The Bertz CT molecular complexity index is 1290. The maximum Gasteiger partial charge on any atom is 0.290 e. The molecule has 2 aromatic carbocycles. The maximum absolute atomic E-state index is 12.7. The molecule has 6 nitrogen and oxygen atoms in total. The highest BCUT2D eigenvalue weighted by Crippen LogP contribution is 2.23. The quantitative estimate of drug-likeness (QED) is 0.374. The largest absolute Gasteiger partial charge is 0.293 e. The molecule has 0 fully saturated rings. The van der Waals surface area contributed by atoms with Crippen LogP contribution in [-0.2, 0) is 6.42 Å². The van der Waals surface area contributed by atoms with Crippen LogP contribution in [0.1, 0.15) is 34.0 Å². The third-order valence-electron chi connectivity index (χ3n) is 5.05. The molecule has 0 saturated heterocycles. The number of hydrogen-bond acceptors (Lipinski definition) is 5. The van der Waals surface area contributed by atoms with Crippen molar-refractivity contribution in [2.24, 2.45) is 0 Å². The van der Waals surface area contributed by atoms with Crippen molar-refractivity contribution in [2.45, 2.75) is 32.3 Å². The van der Waals surface area contributed by atoms with E-state index in [0.717, 1.165) is 23.1 Å². The van der Waals surface area contributed by atoms with Gasteiger partial charge in [-0.05, 0) is 37.5 Å². The van der Waals surface area contributed by atoms with E-state index < -0.39 is 0 Å². The van der Waals surface area contributed by atoms with Crippen LogP contribution in [0.15, 0.2) is 58.5 Å². The van der Waals surface area contributed by atoms with Gasteiger partial charge in [0.25, 0.3) is 5.56 Å². The predicted molar refractivity (Wildman–Crippen MR) is 119 cm³/mol. The van der Waals surface area contributed by atoms with Gasteiger partial charge < -0.3 is 0 Å². The Kier molecular flexibility index (Phi) is 5.55. The number of aromatic nitrogens is 4. The first-order valence-corrected chi connectivity index (χ1v) is 10.8. The average molecular weight is 419 g/mol. The van der Waals surface area contributed by atoms with Gasteiger partial charge in [0.15, 0.2) is 5.78 Å². The molecule has 0 aliphatic heterocycles. The molecule has 2 aromatic heterocycles. The van der Waals surface area contributed by atoms with Crippen LogP contribution in [0, 0.1) is 13.8 Å². The van der Waals surface area contributed by atoms with Crippen molar-refractivity contribution in [2.75, 3.05) is 5.75 Å². The van der Waals surface area contributed by atoms with Gasteiger partial charge in [-0.3, -0.25) is 9.59 Å². The second kappa shape index (κ2) is 8.28. The Morgan fingerprint density at radius 2 is 1.87 bits per heavy atom. The smallest absolute Gasteiger partial charge is 0.290 e. The van der Waals surface area contributed by atoms with E-state index in [1.54, 1.807) is 6.07 Å². The third kappa shape index (κ3) is 3.93. The van der Waals surface area contributed by atoms with Crippen LogP contribution in [0.2, 0.25) is 0 Å². The second-order valence-corrected chi connectivity index (χ2v) is 8.19. The van der Waals surface area contributed by atoms with E-state index in [9.17, 15) is 9.59 Å². The summed E-state index contributed by atoms with van der Waals surface area (Å²) in [7, 11) is 0. The number of aryl methyl sites for hydroxylation is 3. The lowest BCUT2D eigenvalue weighted by atomic mass is 10.0. The van der Waals surface area contributed by atoms with Crippen molar-refractivity contribution in [1.29, 1.82) is 0 Å². The lowest BCUT2D eigenvalue weighted by Crippen LogP contribution is -2.15. The molecule has 2 heterocycles. The van der Waals surface area contributed by atoms with E-state index in [4.69, 9.17) is 0 Å². The Labute approximate surface area is 178 Å². The Hall–Kier alpha value is -3.19. The Morgan fingerprint density at radius 3 is 2.57 bits per heavy atom. The molecule has 0 saturated carbocycles. The van der Waals surface area contributed by atoms with Crippen LogP contribution in [0.3, 0.4) is 0 Å². The van der Waals surface area contributed by atoms with Crippen molar-refractivity contribution in [3.05, 3.63) is 81.1 Å². The zero-order valence-electron chi connectivity index (χ0n) is 17.1. The highest BCUT2D eigenvalue weighted by Gasteiger charge is 2.15. The number of carbonyl (C=O) groups is 1. The number of fused-ring (bicyclic) bond motifs is 1. The first-order chi connectivity index (χ1) is 14.5. The number of ketones is 1. The molecule has 4 rings (SSSR count). The van der Waals surface area contributed by atoms with Crippen molar-refractivity contribution < 1.29 is 4.79 Å². The van der Waals surface area contributed by atoms with Crippen LogP contribution in [-0.4, -0.2) is 31.3 Å². The first kappa shape index (κ1) is 20.1. The van der Waals surface area contributed by atoms with E-state index in [-0.39, 0.29) is 17.1 Å². The normalized spacial score (nSPS) is 11.2. The molecule has 0 amide bonds. The highest BCUT2D eigenvalue weighted by atomic mass is 32.2. The minimum Gasteiger partial charge on any atom is -0.293 e. The van der Waals surface area contributed by atoms with E-state index in [0.29, 0.717) is 21.9 Å². The molecule has 7 heteroatoms. The van der Waals surface area contributed by atoms with Crippen molar-refractivity contribution in [3.8, 4) is 11.3 Å². The number of benzene rings is 2. The van der Waals surface area contributed by atoms with Crippen LogP contribution in [0.5, 0.6) is 0 Å². The number of H-pyrrole nitrogens is 1. The standard InChI is InChI=1S/C23H22N4O2S/c1-4-16-6-8-17(9-7-16)19-12-20-22(29)24-25-23(27(20)26-19)30-13-21(28)18-10-5-14(2)11-15(18)3/h5-12H,4,13H2,1-3H3,(H,24,29). The zero-order chi connectivity index (χ0) is 21.3. The molecule has 0 aliphatic carbocycles. The third-order valence-corrected chi connectivity index (χ3v) is 5.98. The molecule has 152 valence electrons. The van der Waals surface area contributed by atoms with Gasteiger partial charge in [0.1, 0.15) is 5.52 Å². The summed E-state index contributed by atoms with van der Waals surface area (Å²) in [6.07, 6.45) is 0.963. The summed E-state index contributed by atoms with van der Waals surface area (Å²) < 4.78 is 1.52. The van der Waals surface area contributed by atoms with E-state index in [2.05, 4.69) is 34.4 Å². The molecule has 1 N–H and O–H groups in total. The number of nitrogens with zero attached hydrogens (tertiary/aromatic N) is 3. The average Bonchev–Trinajstić information content (AvgIpc) is 3.20. The number of hydrogen-bond donors (Lipinski definition) is 1. The van der Waals surface area contributed by atoms with Crippen molar-refractivity contribution >= 4 is 23.1 Å². The summed E-state index contributed by atoms with van der Waals surface area (Å²) in [6.45, 7) is 6.04. The molecular formula is C23H22N4O2S. The minimum atomic E-state index is -0.316. The molecular weight excluding hydrogens is 396 g/mol. The maximum atomic E-state index is 12.7. The fourth-order valence-electron chi connectivity index (χ4n) is 3.37. The minimum absolute atomic E-state index is 0.0150. The van der Waals surface area contributed by atoms with Crippen LogP contribution >= 0.6 is 11.8 Å². The zero-order valence-corrected chi connectivity index (χ0v) is 17.9. The fraction of sp³-hybridized carbons (Fsp3) is 0.217. The Morgan fingerprint density at radius 1 is 1.10 bits per heavy atom. The molecule has 0 unspecified atom stereocenters. The fourth-order valence-corrected chi connectivity index (χ4v) is 4.16. The lowest BCUT2D eigenvalue weighted by Gasteiger charge is -2.06. The summed E-state index contributed by atoms with van der Waals surface area (Å²) in [5.74, 6) is 0.222. The number of rotatable bonds is 6. The van der Waals surface area contributed by atoms with Gasteiger partial charge in [-0.25, -0.2) is 9.61 Å². The van der Waals surface area contributed by atoms with Crippen LogP contribution in [0.25, 0.3) is 16.8 Å². The van der Waals surface area contributed by atoms with Gasteiger partial charge in [-0.2, -0.15) is 5.10 Å². The molecule has 0 aliphatic rings. The van der Waals surface area contributed by atoms with Crippen LogP contribution in [0.4, 0.5) is 0 Å². The lowest BCUT2D eigenvalue weighted by molar-refractivity contribution is 0.102. The molecule has 0 spiro atoms.